The van der Waals surface area contributed by atoms with Crippen LogP contribution in [0.4, 0.5) is 0 Å². The van der Waals surface area contributed by atoms with Gasteiger partial charge in [-0.15, -0.1) is 0 Å². The van der Waals surface area contributed by atoms with Crippen molar-refractivity contribution in [2.45, 2.75) is 6.92 Å². The molecule has 0 aromatic heterocycles. The Morgan fingerprint density at radius 1 is 1.50 bits per heavy atom. The minimum Gasteiger partial charge on any atom is -0.193 e. The van der Waals surface area contributed by atoms with E-state index in [2.05, 4.69) is 10.2 Å². The quantitative estimate of drug-likeness (QED) is 0.431. The molecule has 2 heteroatoms. The lowest BCUT2D eigenvalue weighted by Gasteiger charge is -1.63. The molecule has 0 atom stereocenters. The highest BCUT2D eigenvalue weighted by Crippen LogP contribution is 1.70. The van der Waals surface area contributed by atoms with Gasteiger partial charge in [-0.1, -0.05) is 6.08 Å². The van der Waals surface area contributed by atoms with Gasteiger partial charge in [0.15, 0.2) is 0 Å². The Labute approximate surface area is 37.6 Å². The monoisotopic (exact) mass is 84.1 g/mol. The van der Waals surface area contributed by atoms with E-state index in [-0.39, 0.29) is 0 Å². The molecule has 0 aromatic carbocycles. The highest BCUT2D eigenvalue weighted by Gasteiger charge is 1.49. The molecular weight excluding hydrogens is 76.1 g/mol. The largest absolute Gasteiger partial charge is 0.193 e. The van der Waals surface area contributed by atoms with E-state index in [0.717, 1.165) is 0 Å². The van der Waals surface area contributed by atoms with Crippen molar-refractivity contribution in [1.82, 2.24) is 0 Å². The van der Waals surface area contributed by atoms with E-state index in [1.165, 1.54) is 0 Å². The molecule has 0 aliphatic heterocycles. The number of azo groups is 1. The van der Waals surface area contributed by atoms with E-state index in [4.69, 9.17) is 0 Å². The molecule has 2 nitrogen and oxygen atoms in total. The van der Waals surface area contributed by atoms with E-state index in [1.54, 1.807) is 13.2 Å². The molecule has 0 N–H and O–H groups in total. The first-order chi connectivity index (χ1) is 2.91. The van der Waals surface area contributed by atoms with Gasteiger partial charge < -0.3 is 0 Å². The van der Waals surface area contributed by atoms with Gasteiger partial charge in [0, 0.05) is 13.2 Å². The van der Waals surface area contributed by atoms with Crippen molar-refractivity contribution >= 4 is 0 Å². The molecule has 0 amide bonds. The van der Waals surface area contributed by atoms with Gasteiger partial charge in [-0.3, -0.25) is 0 Å². The molecule has 0 heterocycles. The van der Waals surface area contributed by atoms with Crippen LogP contribution in [-0.4, -0.2) is 7.05 Å². The van der Waals surface area contributed by atoms with Gasteiger partial charge in [0.1, 0.15) is 0 Å². The van der Waals surface area contributed by atoms with Crippen molar-refractivity contribution in [1.29, 1.82) is 0 Å². The summed E-state index contributed by atoms with van der Waals surface area (Å²) in [6.45, 7) is 1.90. The van der Waals surface area contributed by atoms with Crippen LogP contribution < -0.4 is 0 Å². The molecule has 0 fully saturated rings. The van der Waals surface area contributed by atoms with Crippen molar-refractivity contribution in [2.75, 3.05) is 7.05 Å². The second kappa shape index (κ2) is 4.34. The lowest BCUT2D eigenvalue weighted by atomic mass is 10.7. The molecule has 0 aliphatic rings. The van der Waals surface area contributed by atoms with Gasteiger partial charge in [0.25, 0.3) is 0 Å². The molecule has 0 saturated carbocycles. The van der Waals surface area contributed by atoms with Crippen molar-refractivity contribution < 1.29 is 0 Å². The summed E-state index contributed by atoms with van der Waals surface area (Å²) in [6.07, 6.45) is 3.47. The summed E-state index contributed by atoms with van der Waals surface area (Å²) in [6, 6.07) is 0. The summed E-state index contributed by atoms with van der Waals surface area (Å²) >= 11 is 0. The predicted molar refractivity (Wildman–Crippen MR) is 25.6 cm³/mol. The lowest BCUT2D eigenvalue weighted by molar-refractivity contribution is 1.16. The number of rotatable bonds is 1. The smallest absolute Gasteiger partial charge is 0.0491 e. The van der Waals surface area contributed by atoms with Crippen LogP contribution in [0.2, 0.25) is 0 Å². The Bertz CT molecular complexity index is 53.9. The van der Waals surface area contributed by atoms with Crippen LogP contribution in [0.25, 0.3) is 0 Å². The molecular formula is C4H8N2. The Morgan fingerprint density at radius 3 is 2.33 bits per heavy atom. The molecule has 0 saturated heterocycles. The summed E-state index contributed by atoms with van der Waals surface area (Å²) in [5.41, 5.74) is 0. The first-order valence-electron chi connectivity index (χ1n) is 1.82. The molecule has 0 radical (unpaired) electrons. The van der Waals surface area contributed by atoms with Crippen molar-refractivity contribution in [2.24, 2.45) is 10.2 Å². The first-order valence-corrected chi connectivity index (χ1v) is 1.82. The number of nitrogens with zero attached hydrogens (tertiary/aromatic N) is 2. The third-order valence-corrected chi connectivity index (χ3v) is 0.331. The van der Waals surface area contributed by atoms with E-state index in [1.807, 2.05) is 13.0 Å². The van der Waals surface area contributed by atoms with Gasteiger partial charge >= 0.3 is 0 Å². The van der Waals surface area contributed by atoms with Gasteiger partial charge in [-0.25, -0.2) is 0 Å². The zero-order valence-corrected chi connectivity index (χ0v) is 4.05. The molecule has 0 bridgehead atoms. The molecule has 0 spiro atoms. The summed E-state index contributed by atoms with van der Waals surface area (Å²) < 4.78 is 0. The molecule has 6 heavy (non-hydrogen) atoms. The maximum absolute atomic E-state index is 3.53. The highest BCUT2D eigenvalue weighted by molar-refractivity contribution is 4.70. The SMILES string of the molecule is C/C=C\N=NC. The first kappa shape index (κ1) is 5.34. The fraction of sp³-hybridized carbons (Fsp3) is 0.500. The van der Waals surface area contributed by atoms with Gasteiger partial charge in [0.2, 0.25) is 0 Å². The highest BCUT2D eigenvalue weighted by atomic mass is 15.1. The van der Waals surface area contributed by atoms with Crippen LogP contribution in [0.1, 0.15) is 6.92 Å². The minimum atomic E-state index is 1.64. The van der Waals surface area contributed by atoms with Crippen LogP contribution in [-0.2, 0) is 0 Å². The Morgan fingerprint density at radius 2 is 2.17 bits per heavy atom. The standard InChI is InChI=1S/C4H8N2/c1-3-4-6-5-2/h3-4H,1-2H3/b4-3-,6-5?. The van der Waals surface area contributed by atoms with Crippen molar-refractivity contribution in [3.05, 3.63) is 12.3 Å². The van der Waals surface area contributed by atoms with Gasteiger partial charge in [-0.05, 0) is 6.92 Å². The number of allylic oxidation sites excluding steroid dienone is 1. The summed E-state index contributed by atoms with van der Waals surface area (Å²) in [5, 5.41) is 7.00. The zero-order chi connectivity index (χ0) is 4.83. The maximum Gasteiger partial charge on any atom is 0.0491 e. The molecule has 34 valence electrons. The molecule has 0 aliphatic carbocycles. The zero-order valence-electron chi connectivity index (χ0n) is 4.05. The summed E-state index contributed by atoms with van der Waals surface area (Å²) in [7, 11) is 1.64. The third-order valence-electron chi connectivity index (χ3n) is 0.331. The Hall–Kier alpha value is -0.660. The predicted octanol–water partition coefficient (Wildman–Crippen LogP) is 1.60. The topological polar surface area (TPSA) is 24.7 Å². The Balaban J connectivity index is 3.07. The van der Waals surface area contributed by atoms with Crippen molar-refractivity contribution in [3.63, 3.8) is 0 Å². The maximum atomic E-state index is 3.53. The van der Waals surface area contributed by atoms with Gasteiger partial charge in [0.05, 0.1) is 0 Å². The van der Waals surface area contributed by atoms with Crippen molar-refractivity contribution in [3.8, 4) is 0 Å². The Kier molecular flexibility index (Phi) is 3.86. The van der Waals surface area contributed by atoms with Crippen LogP contribution in [0.15, 0.2) is 22.5 Å². The average molecular weight is 84.1 g/mol. The average Bonchev–Trinajstić information content (AvgIpc) is 1.61. The van der Waals surface area contributed by atoms with E-state index in [0.29, 0.717) is 0 Å². The van der Waals surface area contributed by atoms with Crippen LogP contribution in [0, 0.1) is 0 Å². The fourth-order valence-corrected chi connectivity index (χ4v) is 0.133. The van der Waals surface area contributed by atoms with E-state index >= 15 is 0 Å². The molecule has 0 rings (SSSR count). The minimum absolute atomic E-state index is 1.64. The number of hydrogen-bond donors (Lipinski definition) is 0. The van der Waals surface area contributed by atoms with E-state index in [9.17, 15) is 0 Å². The normalized spacial score (nSPS) is 11.7. The fourth-order valence-electron chi connectivity index (χ4n) is 0.133. The molecule has 0 unspecified atom stereocenters. The second-order valence-electron chi connectivity index (χ2n) is 0.798. The third kappa shape index (κ3) is 3.34. The summed E-state index contributed by atoms with van der Waals surface area (Å²) in [5.74, 6) is 0. The molecule has 0 aromatic rings. The lowest BCUT2D eigenvalue weighted by Crippen LogP contribution is -1.42. The van der Waals surface area contributed by atoms with Crippen LogP contribution in [0.3, 0.4) is 0 Å². The van der Waals surface area contributed by atoms with E-state index < -0.39 is 0 Å². The van der Waals surface area contributed by atoms with Crippen LogP contribution >= 0.6 is 0 Å². The summed E-state index contributed by atoms with van der Waals surface area (Å²) in [4.78, 5) is 0. The second-order valence-corrected chi connectivity index (χ2v) is 0.798. The number of hydrogen-bond acceptors (Lipinski definition) is 2. The van der Waals surface area contributed by atoms with Crippen LogP contribution in [0.5, 0.6) is 0 Å². The van der Waals surface area contributed by atoms with Gasteiger partial charge in [-0.2, -0.15) is 10.2 Å².